The number of rotatable bonds is 4. The molecule has 0 bridgehead atoms. The monoisotopic (exact) mass is 312 g/mol. The van der Waals surface area contributed by atoms with Crippen molar-refractivity contribution in [1.29, 1.82) is 5.26 Å². The van der Waals surface area contributed by atoms with E-state index in [1.54, 1.807) is 0 Å². The molecule has 0 saturated carbocycles. The molecular formula is C12H16N4O4S. The molecule has 1 aliphatic rings. The number of nitrogens with one attached hydrogen (secondary N) is 2. The van der Waals surface area contributed by atoms with Crippen molar-refractivity contribution in [2.45, 2.75) is 6.10 Å². The van der Waals surface area contributed by atoms with Crippen molar-refractivity contribution in [3.63, 3.8) is 0 Å². The van der Waals surface area contributed by atoms with Crippen LogP contribution in [0.25, 0.3) is 0 Å². The molecule has 2 N–H and O–H groups in total. The highest BCUT2D eigenvalue weighted by atomic mass is 32.2. The molecule has 114 valence electrons. The minimum Gasteiger partial charge on any atom is -0.374 e. The largest absolute Gasteiger partial charge is 0.374 e. The van der Waals surface area contributed by atoms with Crippen LogP contribution in [0.4, 0.5) is 0 Å². The predicted molar refractivity (Wildman–Crippen MR) is 74.0 cm³/mol. The Labute approximate surface area is 122 Å². The number of nitrogens with zero attached hydrogens (tertiary/aromatic N) is 2. The number of sulfonamides is 1. The minimum absolute atomic E-state index is 0.200. The van der Waals surface area contributed by atoms with Gasteiger partial charge in [-0.05, 0) is 6.07 Å². The van der Waals surface area contributed by atoms with Crippen LogP contribution in [0.3, 0.4) is 0 Å². The van der Waals surface area contributed by atoms with Gasteiger partial charge in [0.15, 0.2) is 0 Å². The molecule has 1 aromatic heterocycles. The Bertz CT molecular complexity index is 661. The van der Waals surface area contributed by atoms with Gasteiger partial charge < -0.3 is 15.0 Å². The fourth-order valence-electron chi connectivity index (χ4n) is 2.01. The molecule has 0 spiro atoms. The van der Waals surface area contributed by atoms with Crippen LogP contribution in [0, 0.1) is 11.3 Å². The highest BCUT2D eigenvalue weighted by molar-refractivity contribution is 7.88. The van der Waals surface area contributed by atoms with Crippen LogP contribution in [0.5, 0.6) is 0 Å². The lowest BCUT2D eigenvalue weighted by molar-refractivity contribution is 0.000415. The van der Waals surface area contributed by atoms with Gasteiger partial charge in [-0.25, -0.2) is 8.42 Å². The molecule has 1 fully saturated rings. The summed E-state index contributed by atoms with van der Waals surface area (Å²) in [6.07, 6.45) is 2.20. The maximum Gasteiger partial charge on any atom is 0.267 e. The van der Waals surface area contributed by atoms with Gasteiger partial charge in [0.25, 0.3) is 5.91 Å². The molecule has 1 atom stereocenters. The number of morpholine rings is 1. The van der Waals surface area contributed by atoms with Crippen molar-refractivity contribution in [3.05, 3.63) is 23.5 Å². The molecule has 1 saturated heterocycles. The highest BCUT2D eigenvalue weighted by Gasteiger charge is 2.26. The summed E-state index contributed by atoms with van der Waals surface area (Å²) in [6, 6.07) is 3.37. The average molecular weight is 312 g/mol. The van der Waals surface area contributed by atoms with E-state index in [-0.39, 0.29) is 30.8 Å². The first-order valence-electron chi connectivity index (χ1n) is 6.33. The van der Waals surface area contributed by atoms with E-state index in [9.17, 15) is 13.2 Å². The molecular weight excluding hydrogens is 296 g/mol. The van der Waals surface area contributed by atoms with E-state index in [4.69, 9.17) is 10.00 Å². The van der Waals surface area contributed by atoms with E-state index in [0.717, 1.165) is 6.26 Å². The number of carbonyl (C=O) groups excluding carboxylic acids is 1. The molecule has 0 aliphatic carbocycles. The quantitative estimate of drug-likeness (QED) is 0.761. The van der Waals surface area contributed by atoms with Gasteiger partial charge in [0.1, 0.15) is 11.8 Å². The fraction of sp³-hybridized carbons (Fsp3) is 0.500. The van der Waals surface area contributed by atoms with Crippen molar-refractivity contribution < 1.29 is 17.9 Å². The van der Waals surface area contributed by atoms with Gasteiger partial charge in [0.2, 0.25) is 10.0 Å². The number of ether oxygens (including phenoxy) is 1. The first-order valence-corrected chi connectivity index (χ1v) is 8.18. The van der Waals surface area contributed by atoms with Crippen LogP contribution >= 0.6 is 0 Å². The Hall–Kier alpha value is -1.89. The predicted octanol–water partition coefficient (Wildman–Crippen LogP) is -0.723. The number of hydrogen-bond donors (Lipinski definition) is 2. The van der Waals surface area contributed by atoms with Gasteiger partial charge in [0, 0.05) is 25.8 Å². The maximum absolute atomic E-state index is 11.9. The van der Waals surface area contributed by atoms with E-state index >= 15 is 0 Å². The third-order valence-electron chi connectivity index (χ3n) is 3.12. The number of carbonyl (C=O) groups is 1. The molecule has 1 aromatic rings. The summed E-state index contributed by atoms with van der Waals surface area (Å²) in [7, 11) is -3.25. The SMILES string of the molecule is CS(=O)(=O)N1CCO[C@H](CNC(=O)c2cc(C#N)c[nH]2)C1. The summed E-state index contributed by atoms with van der Waals surface area (Å²) in [4.78, 5) is 14.6. The van der Waals surface area contributed by atoms with Crippen LogP contribution in [0.2, 0.25) is 0 Å². The van der Waals surface area contributed by atoms with Crippen molar-refractivity contribution in [2.75, 3.05) is 32.5 Å². The zero-order valence-corrected chi connectivity index (χ0v) is 12.3. The zero-order valence-electron chi connectivity index (χ0n) is 11.5. The number of aromatic nitrogens is 1. The Balaban J connectivity index is 1.88. The van der Waals surface area contributed by atoms with E-state index in [1.807, 2.05) is 6.07 Å². The van der Waals surface area contributed by atoms with E-state index in [1.165, 1.54) is 16.6 Å². The maximum atomic E-state index is 11.9. The van der Waals surface area contributed by atoms with Crippen LogP contribution in [0.15, 0.2) is 12.3 Å². The number of aromatic amines is 1. The Morgan fingerprint density at radius 2 is 2.43 bits per heavy atom. The zero-order chi connectivity index (χ0) is 15.5. The lowest BCUT2D eigenvalue weighted by Gasteiger charge is -2.31. The first kappa shape index (κ1) is 15.5. The summed E-state index contributed by atoms with van der Waals surface area (Å²) < 4.78 is 29.7. The number of amides is 1. The second kappa shape index (κ2) is 6.26. The van der Waals surface area contributed by atoms with Gasteiger partial charge in [-0.15, -0.1) is 0 Å². The lowest BCUT2D eigenvalue weighted by Crippen LogP contribution is -2.49. The molecule has 21 heavy (non-hydrogen) atoms. The van der Waals surface area contributed by atoms with Crippen molar-refractivity contribution in [1.82, 2.24) is 14.6 Å². The second-order valence-electron chi connectivity index (χ2n) is 4.74. The van der Waals surface area contributed by atoms with Crippen molar-refractivity contribution >= 4 is 15.9 Å². The van der Waals surface area contributed by atoms with E-state index in [0.29, 0.717) is 18.7 Å². The van der Waals surface area contributed by atoms with Gasteiger partial charge in [-0.2, -0.15) is 9.57 Å². The van der Waals surface area contributed by atoms with Crippen LogP contribution in [0.1, 0.15) is 16.1 Å². The smallest absolute Gasteiger partial charge is 0.267 e. The molecule has 0 aromatic carbocycles. The molecule has 0 radical (unpaired) electrons. The molecule has 8 nitrogen and oxygen atoms in total. The standard InChI is InChI=1S/C12H16N4O4S/c1-21(18,19)16-2-3-20-10(8-16)7-15-12(17)11-4-9(5-13)6-14-11/h4,6,10,14H,2-3,7-8H2,1H3,(H,15,17)/t10-/m1/s1. The summed E-state index contributed by atoms with van der Waals surface area (Å²) in [6.45, 7) is 1.04. The lowest BCUT2D eigenvalue weighted by atomic mass is 10.3. The summed E-state index contributed by atoms with van der Waals surface area (Å²) in [5.74, 6) is -0.364. The second-order valence-corrected chi connectivity index (χ2v) is 6.72. The average Bonchev–Trinajstić information content (AvgIpc) is 2.93. The summed E-state index contributed by atoms with van der Waals surface area (Å²) >= 11 is 0. The molecule has 2 rings (SSSR count). The number of H-pyrrole nitrogens is 1. The van der Waals surface area contributed by atoms with Crippen LogP contribution < -0.4 is 5.32 Å². The number of hydrogen-bond acceptors (Lipinski definition) is 5. The van der Waals surface area contributed by atoms with Crippen LogP contribution in [-0.2, 0) is 14.8 Å². The van der Waals surface area contributed by atoms with Gasteiger partial charge in [0.05, 0.1) is 24.5 Å². The summed E-state index contributed by atoms with van der Waals surface area (Å²) in [5, 5.41) is 11.3. The fourth-order valence-corrected chi connectivity index (χ4v) is 2.85. The molecule has 2 heterocycles. The Kier molecular flexibility index (Phi) is 4.62. The molecule has 1 amide bonds. The van der Waals surface area contributed by atoms with Crippen LogP contribution in [-0.4, -0.2) is 62.2 Å². The first-order chi connectivity index (χ1) is 9.90. The molecule has 1 aliphatic heterocycles. The topological polar surface area (TPSA) is 115 Å². The Morgan fingerprint density at radius 3 is 3.05 bits per heavy atom. The van der Waals surface area contributed by atoms with Gasteiger partial charge >= 0.3 is 0 Å². The molecule has 0 unspecified atom stereocenters. The third-order valence-corrected chi connectivity index (χ3v) is 4.39. The van der Waals surface area contributed by atoms with Crippen molar-refractivity contribution in [3.8, 4) is 6.07 Å². The van der Waals surface area contributed by atoms with E-state index < -0.39 is 10.0 Å². The third kappa shape index (κ3) is 4.04. The molecule has 9 heteroatoms. The highest BCUT2D eigenvalue weighted by Crippen LogP contribution is 2.08. The Morgan fingerprint density at radius 1 is 1.67 bits per heavy atom. The minimum atomic E-state index is -3.25. The van der Waals surface area contributed by atoms with Gasteiger partial charge in [-0.3, -0.25) is 4.79 Å². The number of nitriles is 1. The van der Waals surface area contributed by atoms with E-state index in [2.05, 4.69) is 10.3 Å². The summed E-state index contributed by atoms with van der Waals surface area (Å²) in [5.41, 5.74) is 0.652. The van der Waals surface area contributed by atoms with Crippen molar-refractivity contribution in [2.24, 2.45) is 0 Å². The van der Waals surface area contributed by atoms with Gasteiger partial charge in [-0.1, -0.05) is 0 Å². The normalized spacial score (nSPS) is 19.9.